The van der Waals surface area contributed by atoms with E-state index in [9.17, 15) is 22.8 Å². The summed E-state index contributed by atoms with van der Waals surface area (Å²) in [5.41, 5.74) is -0.552. The van der Waals surface area contributed by atoms with E-state index in [1.165, 1.54) is 18.2 Å². The first-order valence-corrected chi connectivity index (χ1v) is 7.78. The van der Waals surface area contributed by atoms with Gasteiger partial charge in [-0.15, -0.1) is 0 Å². The number of alkyl halides is 3. The summed E-state index contributed by atoms with van der Waals surface area (Å²) in [7, 11) is 0. The molecule has 0 saturated carbocycles. The van der Waals surface area contributed by atoms with Crippen LogP contribution in [0.2, 0.25) is 0 Å². The number of carboxylic acid groups (broad SMARTS) is 1. The molecule has 1 heterocycles. The lowest BCUT2D eigenvalue weighted by atomic mass is 10.0. The van der Waals surface area contributed by atoms with E-state index < -0.39 is 23.5 Å². The van der Waals surface area contributed by atoms with E-state index in [0.717, 1.165) is 23.6 Å². The van der Waals surface area contributed by atoms with Crippen molar-refractivity contribution >= 4 is 34.3 Å². The Hall–Kier alpha value is -3.48. The lowest BCUT2D eigenvalue weighted by Crippen LogP contribution is -2.15. The average Bonchev–Trinajstić information content (AvgIpc) is 2.64. The fourth-order valence-corrected chi connectivity index (χ4v) is 2.56. The molecule has 0 aliphatic rings. The van der Waals surface area contributed by atoms with Crippen molar-refractivity contribution in [2.24, 2.45) is 0 Å². The number of aliphatic carboxylic acids is 1. The minimum absolute atomic E-state index is 0.0457. The van der Waals surface area contributed by atoms with Gasteiger partial charge in [-0.3, -0.25) is 4.79 Å². The Morgan fingerprint density at radius 3 is 2.41 bits per heavy atom. The summed E-state index contributed by atoms with van der Waals surface area (Å²) in [6.07, 6.45) is -3.45. The fraction of sp³-hybridized carbons (Fsp3) is 0.0500. The van der Waals surface area contributed by atoms with Crippen molar-refractivity contribution in [3.05, 3.63) is 77.5 Å². The molecule has 0 amide bonds. The number of carboxylic acids is 1. The molecular formula is C20H12F3NO3. The van der Waals surface area contributed by atoms with Gasteiger partial charge in [0.15, 0.2) is 0 Å². The molecular weight excluding hydrogens is 359 g/mol. The number of carbonyl (C=O) groups excluding carboxylic acids is 1. The number of fused-ring (bicyclic) bond motifs is 1. The molecule has 1 aromatic heterocycles. The first-order valence-electron chi connectivity index (χ1n) is 7.78. The number of carbonyl (C=O) groups is 2. The van der Waals surface area contributed by atoms with Crippen LogP contribution in [0.25, 0.3) is 22.6 Å². The minimum Gasteiger partial charge on any atom is -0.475 e. The molecule has 0 aliphatic carbocycles. The zero-order chi connectivity index (χ0) is 19.6. The van der Waals surface area contributed by atoms with Gasteiger partial charge in [-0.1, -0.05) is 36.4 Å². The van der Waals surface area contributed by atoms with Crippen LogP contribution < -0.4 is 0 Å². The number of halogens is 3. The quantitative estimate of drug-likeness (QED) is 0.544. The zero-order valence-electron chi connectivity index (χ0n) is 13.7. The molecule has 0 spiro atoms. The second-order valence-corrected chi connectivity index (χ2v) is 5.70. The van der Waals surface area contributed by atoms with E-state index in [-0.39, 0.29) is 16.8 Å². The zero-order valence-corrected chi connectivity index (χ0v) is 13.7. The van der Waals surface area contributed by atoms with Gasteiger partial charge in [-0.2, -0.15) is 13.2 Å². The van der Waals surface area contributed by atoms with Crippen LogP contribution in [0.3, 0.4) is 0 Å². The Morgan fingerprint density at radius 1 is 0.963 bits per heavy atom. The van der Waals surface area contributed by atoms with Gasteiger partial charge in [0, 0.05) is 5.39 Å². The molecule has 0 bridgehead atoms. The molecule has 0 saturated heterocycles. The lowest BCUT2D eigenvalue weighted by molar-refractivity contribution is -0.146. The molecule has 0 aliphatic heterocycles. The van der Waals surface area contributed by atoms with Crippen molar-refractivity contribution in [1.82, 2.24) is 4.98 Å². The predicted octanol–water partition coefficient (Wildman–Crippen LogP) is 4.45. The third kappa shape index (κ3) is 4.03. The van der Waals surface area contributed by atoms with Crippen LogP contribution in [0.15, 0.2) is 60.7 Å². The Bertz CT molecular complexity index is 1070. The summed E-state index contributed by atoms with van der Waals surface area (Å²) < 4.78 is 38.7. The molecule has 3 rings (SSSR count). The fourth-order valence-electron chi connectivity index (χ4n) is 2.56. The van der Waals surface area contributed by atoms with Crippen LogP contribution in [0.4, 0.5) is 13.2 Å². The summed E-state index contributed by atoms with van der Waals surface area (Å²) in [5, 5.41) is 9.87. The molecule has 0 atom stereocenters. The number of para-hydroxylation sites is 1. The smallest absolute Gasteiger partial charge is 0.416 e. The van der Waals surface area contributed by atoms with E-state index in [1.807, 2.05) is 0 Å². The number of benzene rings is 2. The van der Waals surface area contributed by atoms with Gasteiger partial charge in [0.2, 0.25) is 0 Å². The van der Waals surface area contributed by atoms with E-state index in [1.54, 1.807) is 30.3 Å². The number of ketones is 1. The van der Waals surface area contributed by atoms with E-state index in [4.69, 9.17) is 5.11 Å². The highest BCUT2D eigenvalue weighted by atomic mass is 19.4. The maximum absolute atomic E-state index is 12.9. The first-order chi connectivity index (χ1) is 12.8. The van der Waals surface area contributed by atoms with Crippen LogP contribution in [0, 0.1) is 0 Å². The van der Waals surface area contributed by atoms with Crippen LogP contribution in [-0.2, 0) is 15.8 Å². The molecule has 136 valence electrons. The minimum atomic E-state index is -4.55. The molecule has 27 heavy (non-hydrogen) atoms. The van der Waals surface area contributed by atoms with Gasteiger partial charge < -0.3 is 5.11 Å². The summed E-state index contributed by atoms with van der Waals surface area (Å²) in [4.78, 5) is 27.6. The van der Waals surface area contributed by atoms with Crippen LogP contribution in [-0.4, -0.2) is 21.8 Å². The van der Waals surface area contributed by atoms with Crippen molar-refractivity contribution in [1.29, 1.82) is 0 Å². The van der Waals surface area contributed by atoms with Gasteiger partial charge in [0.05, 0.1) is 22.3 Å². The normalized spacial score (nSPS) is 12.2. The Morgan fingerprint density at radius 2 is 1.70 bits per heavy atom. The van der Waals surface area contributed by atoms with Crippen molar-refractivity contribution in [2.45, 2.75) is 6.18 Å². The van der Waals surface area contributed by atoms with Gasteiger partial charge in [-0.25, -0.2) is 9.78 Å². The number of aromatic nitrogens is 1. The molecule has 1 N–H and O–H groups in total. The largest absolute Gasteiger partial charge is 0.475 e. The number of Topliss-reactive ketones (excluding diaryl/α,β-unsaturated/α-hetero) is 1. The first kappa shape index (κ1) is 18.3. The SMILES string of the molecule is O=C(O)C(=O)/C(=C/c1cccc(C(F)(F)F)c1)c1ccc2ccccc2n1. The monoisotopic (exact) mass is 371 g/mol. The van der Waals surface area contributed by atoms with E-state index in [2.05, 4.69) is 4.98 Å². The maximum Gasteiger partial charge on any atom is 0.416 e. The standard InChI is InChI=1S/C20H12F3NO3/c21-20(22,23)14-6-3-4-12(10-14)11-15(18(25)19(26)27)17-9-8-13-5-1-2-7-16(13)24-17/h1-11H,(H,26,27)/b15-11+. The van der Waals surface area contributed by atoms with Gasteiger partial charge in [-0.05, 0) is 35.9 Å². The number of pyridine rings is 1. The summed E-state index contributed by atoms with van der Waals surface area (Å²) in [5.74, 6) is -2.97. The number of nitrogens with zero attached hydrogens (tertiary/aromatic N) is 1. The Kier molecular flexibility index (Phi) is 4.77. The second kappa shape index (κ2) is 7.03. The molecule has 0 radical (unpaired) electrons. The maximum atomic E-state index is 12.9. The number of hydrogen-bond acceptors (Lipinski definition) is 3. The molecule has 3 aromatic rings. The second-order valence-electron chi connectivity index (χ2n) is 5.70. The topological polar surface area (TPSA) is 67.3 Å². The highest BCUT2D eigenvalue weighted by Gasteiger charge is 2.30. The average molecular weight is 371 g/mol. The van der Waals surface area contributed by atoms with Crippen molar-refractivity contribution < 1.29 is 27.9 Å². The van der Waals surface area contributed by atoms with Gasteiger partial charge >= 0.3 is 12.1 Å². The third-order valence-electron chi connectivity index (χ3n) is 3.84. The van der Waals surface area contributed by atoms with Gasteiger partial charge in [0.25, 0.3) is 5.78 Å². The number of rotatable bonds is 4. The molecule has 4 nitrogen and oxygen atoms in total. The Balaban J connectivity index is 2.15. The molecule has 7 heteroatoms. The van der Waals surface area contributed by atoms with Crippen molar-refractivity contribution in [2.75, 3.05) is 0 Å². The molecule has 0 fully saturated rings. The predicted molar refractivity (Wildman–Crippen MR) is 93.7 cm³/mol. The summed E-state index contributed by atoms with van der Waals surface area (Å²) in [6, 6.07) is 14.4. The van der Waals surface area contributed by atoms with Crippen LogP contribution >= 0.6 is 0 Å². The lowest BCUT2D eigenvalue weighted by Gasteiger charge is -2.09. The summed E-state index contributed by atoms with van der Waals surface area (Å²) in [6.45, 7) is 0. The number of hydrogen-bond donors (Lipinski definition) is 1. The highest BCUT2D eigenvalue weighted by Crippen LogP contribution is 2.30. The van der Waals surface area contributed by atoms with Crippen molar-refractivity contribution in [3.8, 4) is 0 Å². The highest BCUT2D eigenvalue weighted by molar-refractivity contribution is 6.52. The van der Waals surface area contributed by atoms with Crippen LogP contribution in [0.5, 0.6) is 0 Å². The van der Waals surface area contributed by atoms with E-state index in [0.29, 0.717) is 5.52 Å². The summed E-state index contributed by atoms with van der Waals surface area (Å²) >= 11 is 0. The van der Waals surface area contributed by atoms with Crippen molar-refractivity contribution in [3.63, 3.8) is 0 Å². The molecule has 2 aromatic carbocycles. The van der Waals surface area contributed by atoms with E-state index >= 15 is 0 Å². The van der Waals surface area contributed by atoms with Crippen LogP contribution in [0.1, 0.15) is 16.8 Å². The Labute approximate surface area is 151 Å². The third-order valence-corrected chi connectivity index (χ3v) is 3.84. The van der Waals surface area contributed by atoms with Gasteiger partial charge in [0.1, 0.15) is 0 Å². The molecule has 0 unspecified atom stereocenters.